The largest absolute Gasteiger partial charge is 0.507 e. The summed E-state index contributed by atoms with van der Waals surface area (Å²) in [6.07, 6.45) is 3.79. The first-order valence-electron chi connectivity index (χ1n) is 16.5. The third-order valence-electron chi connectivity index (χ3n) is 9.80. The Morgan fingerprint density at radius 3 is 2.44 bits per heavy atom. The number of phenolic OH excluding ortho intramolecular Hbond substituents is 2. The number of nitrogens with zero attached hydrogens (tertiary/aromatic N) is 1. The summed E-state index contributed by atoms with van der Waals surface area (Å²) in [7, 11) is 1.38. The van der Waals surface area contributed by atoms with Gasteiger partial charge in [-0.2, -0.15) is 0 Å². The number of benzene rings is 2. The summed E-state index contributed by atoms with van der Waals surface area (Å²) in [5, 5.41) is 25.3. The van der Waals surface area contributed by atoms with Gasteiger partial charge in [0.05, 0.1) is 36.5 Å². The van der Waals surface area contributed by atoms with Gasteiger partial charge in [-0.1, -0.05) is 19.1 Å². The minimum absolute atomic E-state index is 0.0230. The van der Waals surface area contributed by atoms with E-state index in [0.29, 0.717) is 24.8 Å². The second kappa shape index (κ2) is 14.1. The van der Waals surface area contributed by atoms with Crippen molar-refractivity contribution in [2.75, 3.05) is 40.0 Å². The van der Waals surface area contributed by atoms with Crippen molar-refractivity contribution in [3.05, 3.63) is 63.7 Å². The lowest BCUT2D eigenvalue weighted by atomic mass is 9.68. The number of methoxy groups -OCH3 is 1. The second-order valence-corrected chi connectivity index (χ2v) is 13.1. The molecule has 0 radical (unpaired) electrons. The second-order valence-electron chi connectivity index (χ2n) is 13.1. The van der Waals surface area contributed by atoms with E-state index < -0.39 is 46.7 Å². The molecule has 0 bridgehead atoms. The molecule has 2 aromatic rings. The van der Waals surface area contributed by atoms with Gasteiger partial charge in [0.1, 0.15) is 30.5 Å². The van der Waals surface area contributed by atoms with Crippen molar-refractivity contribution in [3.8, 4) is 17.2 Å². The maximum atomic E-state index is 13.6. The molecule has 0 saturated carbocycles. The number of carbonyl (C=O) groups is 6. The number of phenols is 2. The average Bonchev–Trinajstić information content (AvgIpc) is 3.43. The molecule has 0 aromatic heterocycles. The van der Waals surface area contributed by atoms with Gasteiger partial charge in [-0.25, -0.2) is 0 Å². The fourth-order valence-corrected chi connectivity index (χ4v) is 6.97. The number of aromatic hydroxyl groups is 2. The summed E-state index contributed by atoms with van der Waals surface area (Å²) in [6.45, 7) is 1.51. The zero-order valence-electron chi connectivity index (χ0n) is 27.7. The van der Waals surface area contributed by atoms with Crippen LogP contribution in [0.25, 0.3) is 0 Å². The molecule has 4 aliphatic rings. The highest BCUT2D eigenvalue weighted by atomic mass is 16.7. The lowest BCUT2D eigenvalue weighted by molar-refractivity contribution is -0.206. The molecule has 2 aromatic carbocycles. The zero-order valence-corrected chi connectivity index (χ0v) is 27.7. The molecule has 14 heteroatoms. The van der Waals surface area contributed by atoms with E-state index in [1.807, 2.05) is 0 Å². The first-order chi connectivity index (χ1) is 23.9. The minimum atomic E-state index is -0.996. The van der Waals surface area contributed by atoms with E-state index in [9.17, 15) is 39.0 Å². The first-order valence-corrected chi connectivity index (χ1v) is 16.5. The number of ether oxygens (including phenoxy) is 4. The van der Waals surface area contributed by atoms with E-state index in [1.165, 1.54) is 25.3 Å². The van der Waals surface area contributed by atoms with Crippen LogP contribution < -0.4 is 10.1 Å². The number of carbonyl (C=O) groups excluding carboxylic acids is 6. The number of fused-ring (bicyclic) bond motifs is 3. The van der Waals surface area contributed by atoms with Crippen molar-refractivity contribution < 1.29 is 57.9 Å². The molecule has 3 N–H and O–H groups in total. The van der Waals surface area contributed by atoms with Crippen LogP contribution in [0.15, 0.2) is 30.4 Å². The number of amides is 3. The van der Waals surface area contributed by atoms with E-state index in [-0.39, 0.29) is 97.0 Å². The van der Waals surface area contributed by atoms with E-state index in [0.717, 1.165) is 11.3 Å². The number of hydrogen-bond acceptors (Lipinski definition) is 12. The molecular formula is C36H38N2O12. The maximum absolute atomic E-state index is 13.6. The molecule has 3 amide bonds. The monoisotopic (exact) mass is 690 g/mol. The van der Waals surface area contributed by atoms with Crippen LogP contribution in [0.2, 0.25) is 0 Å². The highest BCUT2D eigenvalue weighted by Crippen LogP contribution is 2.49. The van der Waals surface area contributed by atoms with Crippen LogP contribution >= 0.6 is 0 Å². The predicted octanol–water partition coefficient (Wildman–Crippen LogP) is 1.92. The van der Waals surface area contributed by atoms with Gasteiger partial charge in [0.15, 0.2) is 17.9 Å². The average molecular weight is 691 g/mol. The smallest absolute Gasteiger partial charge is 0.253 e. The highest BCUT2D eigenvalue weighted by Gasteiger charge is 2.44. The molecule has 50 heavy (non-hydrogen) atoms. The molecule has 6 rings (SSSR count). The van der Waals surface area contributed by atoms with Gasteiger partial charge in [-0.3, -0.25) is 33.7 Å². The number of hydrogen-bond donors (Lipinski definition) is 3. The van der Waals surface area contributed by atoms with Gasteiger partial charge < -0.3 is 34.5 Å². The molecule has 2 aliphatic carbocycles. The topological polar surface area (TPSA) is 195 Å². The van der Waals surface area contributed by atoms with E-state index in [2.05, 4.69) is 5.32 Å². The number of rotatable bonds is 12. The van der Waals surface area contributed by atoms with Gasteiger partial charge in [0.25, 0.3) is 11.8 Å². The Bertz CT molecular complexity index is 1800. The normalized spacial score (nSPS) is 22.6. The Kier molecular flexibility index (Phi) is 9.87. The Balaban J connectivity index is 1.02. The fraction of sp³-hybridized carbons (Fsp3) is 0.444. The summed E-state index contributed by atoms with van der Waals surface area (Å²) < 4.78 is 22.6. The molecular weight excluding hydrogens is 652 g/mol. The third kappa shape index (κ3) is 6.53. The van der Waals surface area contributed by atoms with E-state index in [4.69, 9.17) is 18.9 Å². The summed E-state index contributed by atoms with van der Waals surface area (Å²) in [6, 6.07) is 4.58. The zero-order chi connectivity index (χ0) is 35.7. The third-order valence-corrected chi connectivity index (χ3v) is 9.80. The Morgan fingerprint density at radius 1 is 0.980 bits per heavy atom. The van der Waals surface area contributed by atoms with Crippen molar-refractivity contribution >= 4 is 35.1 Å². The SMILES string of the molecule is COc1cccc2c1C(=O)c1c(O)c3c(c(O)c1C2=O)C[C@@](C)(C(=O)COC1CCCC(COCC(=O)NCCN2C(=O)C=CC2=O)O1)CC3. The van der Waals surface area contributed by atoms with Crippen LogP contribution in [0.3, 0.4) is 0 Å². The van der Waals surface area contributed by atoms with Crippen molar-refractivity contribution in [2.45, 2.75) is 57.8 Å². The summed E-state index contributed by atoms with van der Waals surface area (Å²) in [5.41, 5.74) is -0.879. The number of imide groups is 1. The lowest BCUT2D eigenvalue weighted by Crippen LogP contribution is -2.40. The van der Waals surface area contributed by atoms with E-state index >= 15 is 0 Å². The van der Waals surface area contributed by atoms with Gasteiger partial charge in [0.2, 0.25) is 11.7 Å². The molecule has 2 unspecified atom stereocenters. The molecule has 14 nitrogen and oxygen atoms in total. The van der Waals surface area contributed by atoms with Crippen LogP contribution in [0.5, 0.6) is 17.2 Å². The van der Waals surface area contributed by atoms with Crippen LogP contribution in [-0.2, 0) is 46.2 Å². The molecule has 2 aliphatic heterocycles. The highest BCUT2D eigenvalue weighted by molar-refractivity contribution is 6.31. The first kappa shape index (κ1) is 34.9. The van der Waals surface area contributed by atoms with Crippen LogP contribution in [-0.4, -0.2) is 103 Å². The van der Waals surface area contributed by atoms with Gasteiger partial charge >= 0.3 is 0 Å². The molecule has 1 saturated heterocycles. The van der Waals surface area contributed by atoms with Gasteiger partial charge in [-0.05, 0) is 44.6 Å². The lowest BCUT2D eigenvalue weighted by Gasteiger charge is -2.36. The fourth-order valence-electron chi connectivity index (χ4n) is 6.97. The Labute approximate surface area is 287 Å². The predicted molar refractivity (Wildman–Crippen MR) is 173 cm³/mol. The van der Waals surface area contributed by atoms with Crippen LogP contribution in [0.1, 0.15) is 75.6 Å². The quantitative estimate of drug-likeness (QED) is 0.185. The number of ketones is 3. The molecule has 1 fully saturated rings. The van der Waals surface area contributed by atoms with Crippen molar-refractivity contribution in [1.82, 2.24) is 10.2 Å². The summed E-state index contributed by atoms with van der Waals surface area (Å²) in [4.78, 5) is 77.0. The van der Waals surface area contributed by atoms with E-state index in [1.54, 1.807) is 19.1 Å². The van der Waals surface area contributed by atoms with Crippen molar-refractivity contribution in [2.24, 2.45) is 5.41 Å². The maximum Gasteiger partial charge on any atom is 0.253 e. The standard InChI is InChI=1S/C36H38N2O12/c1-36(12-11-20-22(15-36)34(45)30-31(32(20)43)35(46)29-21(33(30)44)6-4-7-23(29)47-2)24(39)17-49-28-8-3-5-19(50-28)16-48-18-25(40)37-13-14-38-26(41)9-10-27(38)42/h4,6-7,9-10,19,28,43,45H,3,5,8,11-18H2,1-2H3,(H,37,40)/t19?,28?,36-/m0/s1. The summed E-state index contributed by atoms with van der Waals surface area (Å²) in [5.74, 6) is -3.34. The van der Waals surface area contributed by atoms with Crippen molar-refractivity contribution in [1.29, 1.82) is 0 Å². The van der Waals surface area contributed by atoms with Gasteiger partial charge in [0, 0.05) is 47.3 Å². The molecule has 2 heterocycles. The summed E-state index contributed by atoms with van der Waals surface area (Å²) >= 11 is 0. The van der Waals surface area contributed by atoms with Crippen molar-refractivity contribution in [3.63, 3.8) is 0 Å². The Hall–Kier alpha value is -4.92. The molecule has 0 spiro atoms. The minimum Gasteiger partial charge on any atom is -0.507 e. The molecule has 264 valence electrons. The number of Topliss-reactive ketones (excluding diaryl/α,β-unsaturated/α-hetero) is 1. The van der Waals surface area contributed by atoms with Crippen LogP contribution in [0, 0.1) is 5.41 Å². The number of nitrogens with one attached hydrogen (secondary N) is 1. The van der Waals surface area contributed by atoms with Crippen LogP contribution in [0.4, 0.5) is 0 Å². The Morgan fingerprint density at radius 2 is 1.70 bits per heavy atom. The van der Waals surface area contributed by atoms with Gasteiger partial charge in [-0.15, -0.1) is 0 Å². The molecule has 3 atom stereocenters.